The van der Waals surface area contributed by atoms with Gasteiger partial charge < -0.3 is 9.52 Å². The highest BCUT2D eigenvalue weighted by Gasteiger charge is 2.05. The summed E-state index contributed by atoms with van der Waals surface area (Å²) in [4.78, 5) is 5.84. The Bertz CT molecular complexity index is 731. The zero-order valence-corrected chi connectivity index (χ0v) is 11.0. The van der Waals surface area contributed by atoms with Gasteiger partial charge in [0.25, 0.3) is 0 Å². The summed E-state index contributed by atoms with van der Waals surface area (Å²) in [5.74, 6) is 0. The zero-order chi connectivity index (χ0) is 13.8. The van der Waals surface area contributed by atoms with E-state index in [1.54, 1.807) is 0 Å². The Morgan fingerprint density at radius 3 is 2.40 bits per heavy atom. The molecule has 0 saturated heterocycles. The lowest BCUT2D eigenvalue weighted by Gasteiger charge is -2.07. The molecule has 100 valence electrons. The largest absolute Gasteiger partial charge is 0.361 e. The minimum Gasteiger partial charge on any atom is -0.361 e. The SMILES string of the molecule is CC(N=c1[n-][n+](-c2ccccc2)no1)c1ccccc1. The number of aromatic nitrogens is 3. The number of hydrogen-bond donors (Lipinski definition) is 0. The van der Waals surface area contributed by atoms with Gasteiger partial charge in [-0.2, -0.15) is 0 Å². The summed E-state index contributed by atoms with van der Waals surface area (Å²) in [6.07, 6.45) is 0. The molecule has 0 aliphatic carbocycles. The van der Waals surface area contributed by atoms with Crippen molar-refractivity contribution in [2.24, 2.45) is 4.99 Å². The molecule has 0 aliphatic rings. The Labute approximate surface area is 116 Å². The topological polar surface area (TPSA) is 56.4 Å². The Kier molecular flexibility index (Phi) is 3.41. The summed E-state index contributed by atoms with van der Waals surface area (Å²) in [6, 6.07) is 19.5. The summed E-state index contributed by atoms with van der Waals surface area (Å²) in [7, 11) is 0. The van der Waals surface area contributed by atoms with Crippen LogP contribution in [0.25, 0.3) is 5.69 Å². The molecule has 3 aromatic rings. The molecule has 1 aromatic heterocycles. The van der Waals surface area contributed by atoms with Crippen molar-refractivity contribution in [1.29, 1.82) is 0 Å². The molecule has 0 bridgehead atoms. The van der Waals surface area contributed by atoms with E-state index in [-0.39, 0.29) is 11.7 Å². The molecule has 1 unspecified atom stereocenters. The maximum absolute atomic E-state index is 5.15. The van der Waals surface area contributed by atoms with E-state index in [1.807, 2.05) is 67.6 Å². The third kappa shape index (κ3) is 2.66. The number of rotatable bonds is 3. The van der Waals surface area contributed by atoms with Crippen molar-refractivity contribution in [2.45, 2.75) is 13.0 Å². The van der Waals surface area contributed by atoms with Crippen molar-refractivity contribution >= 4 is 0 Å². The van der Waals surface area contributed by atoms with Gasteiger partial charge in [0.2, 0.25) is 11.4 Å². The molecule has 0 spiro atoms. The van der Waals surface area contributed by atoms with Crippen LogP contribution in [0.5, 0.6) is 0 Å². The molecule has 1 heterocycles. The molecule has 3 rings (SSSR count). The third-order valence-electron chi connectivity index (χ3n) is 2.95. The quantitative estimate of drug-likeness (QED) is 0.676. The summed E-state index contributed by atoms with van der Waals surface area (Å²) >= 11 is 0. The lowest BCUT2D eigenvalue weighted by Crippen LogP contribution is -2.40. The van der Waals surface area contributed by atoms with Crippen LogP contribution in [0.2, 0.25) is 0 Å². The molecule has 20 heavy (non-hydrogen) atoms. The van der Waals surface area contributed by atoms with E-state index in [2.05, 4.69) is 15.4 Å². The van der Waals surface area contributed by atoms with Gasteiger partial charge in [-0.05, 0) is 10.4 Å². The van der Waals surface area contributed by atoms with Crippen LogP contribution in [0.4, 0.5) is 0 Å². The van der Waals surface area contributed by atoms with Crippen molar-refractivity contribution in [2.75, 3.05) is 0 Å². The highest BCUT2D eigenvalue weighted by Crippen LogP contribution is 2.14. The highest BCUT2D eigenvalue weighted by molar-refractivity contribution is 5.20. The third-order valence-corrected chi connectivity index (χ3v) is 2.95. The van der Waals surface area contributed by atoms with Crippen molar-refractivity contribution in [3.05, 3.63) is 71.9 Å². The van der Waals surface area contributed by atoms with Gasteiger partial charge >= 0.3 is 0 Å². The summed E-state index contributed by atoms with van der Waals surface area (Å²) in [5, 5.41) is 8.09. The molecular formula is C15H14N4O. The standard InChI is InChI=1S/C15H14N4O/c1-12(13-8-4-2-5-9-13)16-15-17-19(18-20-15)14-10-6-3-7-11-14/h2-12H,1H3. The Morgan fingerprint density at radius 1 is 1.05 bits per heavy atom. The predicted octanol–water partition coefficient (Wildman–Crippen LogP) is 1.57. The first-order valence-corrected chi connectivity index (χ1v) is 6.40. The van der Waals surface area contributed by atoms with E-state index < -0.39 is 0 Å². The molecule has 0 saturated carbocycles. The number of benzene rings is 2. The zero-order valence-electron chi connectivity index (χ0n) is 11.0. The summed E-state index contributed by atoms with van der Waals surface area (Å²) < 4.78 is 5.15. The summed E-state index contributed by atoms with van der Waals surface area (Å²) in [6.45, 7) is 1.99. The van der Waals surface area contributed by atoms with Gasteiger partial charge in [-0.15, -0.1) is 0 Å². The van der Waals surface area contributed by atoms with Crippen LogP contribution < -0.4 is 15.6 Å². The summed E-state index contributed by atoms with van der Waals surface area (Å²) in [5.41, 5.74) is 2.22. The van der Waals surface area contributed by atoms with Gasteiger partial charge in [0.05, 0.1) is 5.27 Å². The maximum atomic E-state index is 5.15. The Hall–Kier alpha value is -2.69. The smallest absolute Gasteiger partial charge is 0.248 e. The average Bonchev–Trinajstić information content (AvgIpc) is 2.97. The van der Waals surface area contributed by atoms with Gasteiger partial charge in [0, 0.05) is 18.2 Å². The van der Waals surface area contributed by atoms with Crippen molar-refractivity contribution < 1.29 is 9.32 Å². The first-order chi connectivity index (χ1) is 9.83. The van der Waals surface area contributed by atoms with Crippen molar-refractivity contribution in [3.63, 3.8) is 0 Å². The van der Waals surface area contributed by atoms with Crippen LogP contribution in [-0.2, 0) is 0 Å². The van der Waals surface area contributed by atoms with Crippen molar-refractivity contribution in [1.82, 2.24) is 10.4 Å². The molecule has 5 nitrogen and oxygen atoms in total. The highest BCUT2D eigenvalue weighted by atomic mass is 16.5. The van der Waals surface area contributed by atoms with Crippen molar-refractivity contribution in [3.8, 4) is 5.69 Å². The monoisotopic (exact) mass is 266 g/mol. The van der Waals surface area contributed by atoms with Crippen LogP contribution in [0.15, 0.2) is 70.2 Å². The van der Waals surface area contributed by atoms with Crippen LogP contribution in [-0.4, -0.2) is 5.27 Å². The number of nitrogens with zero attached hydrogens (tertiary/aromatic N) is 4. The molecule has 0 radical (unpaired) electrons. The maximum Gasteiger partial charge on any atom is 0.248 e. The average molecular weight is 266 g/mol. The Morgan fingerprint density at radius 2 is 1.70 bits per heavy atom. The van der Waals surface area contributed by atoms with E-state index >= 15 is 0 Å². The van der Waals surface area contributed by atoms with Gasteiger partial charge in [0.15, 0.2) is 0 Å². The fourth-order valence-corrected chi connectivity index (χ4v) is 1.88. The minimum atomic E-state index is -0.0270. The van der Waals surface area contributed by atoms with E-state index in [4.69, 9.17) is 4.52 Å². The number of para-hydroxylation sites is 1. The van der Waals surface area contributed by atoms with E-state index in [1.165, 1.54) is 4.80 Å². The predicted molar refractivity (Wildman–Crippen MR) is 71.8 cm³/mol. The molecule has 1 atom stereocenters. The fourth-order valence-electron chi connectivity index (χ4n) is 1.88. The van der Waals surface area contributed by atoms with Crippen LogP contribution in [0.3, 0.4) is 0 Å². The number of hydrogen-bond acceptors (Lipinski definition) is 3. The molecule has 0 N–H and O–H groups in total. The second-order valence-corrected chi connectivity index (χ2v) is 4.40. The van der Waals surface area contributed by atoms with E-state index in [0.717, 1.165) is 11.3 Å². The first-order valence-electron chi connectivity index (χ1n) is 6.40. The van der Waals surface area contributed by atoms with E-state index in [9.17, 15) is 0 Å². The first kappa shape index (κ1) is 12.3. The Balaban J connectivity index is 1.89. The van der Waals surface area contributed by atoms with Gasteiger partial charge in [-0.1, -0.05) is 60.6 Å². The van der Waals surface area contributed by atoms with Gasteiger partial charge in [-0.25, -0.2) is 0 Å². The lowest BCUT2D eigenvalue weighted by atomic mass is 10.1. The molecule has 0 aliphatic heterocycles. The second-order valence-electron chi connectivity index (χ2n) is 4.40. The molecule has 2 aromatic carbocycles. The van der Waals surface area contributed by atoms with Gasteiger partial charge in [0.1, 0.15) is 0 Å². The lowest BCUT2D eigenvalue weighted by molar-refractivity contribution is -0.730. The molecule has 0 fully saturated rings. The van der Waals surface area contributed by atoms with Crippen LogP contribution in [0, 0.1) is 0 Å². The van der Waals surface area contributed by atoms with Crippen LogP contribution >= 0.6 is 0 Å². The van der Waals surface area contributed by atoms with E-state index in [0.29, 0.717) is 0 Å². The molecular weight excluding hydrogens is 252 g/mol. The normalized spacial score (nSPS) is 13.3. The second kappa shape index (κ2) is 5.52. The minimum absolute atomic E-state index is 0.0270. The molecule has 5 heteroatoms. The van der Waals surface area contributed by atoms with Crippen LogP contribution in [0.1, 0.15) is 18.5 Å². The van der Waals surface area contributed by atoms with Gasteiger partial charge in [-0.3, -0.25) is 0 Å². The fraction of sp³-hybridized carbons (Fsp3) is 0.133. The molecule has 0 amide bonds.